The van der Waals surface area contributed by atoms with E-state index in [0.29, 0.717) is 41.9 Å². The minimum atomic E-state index is -1.30. The molecule has 3 unspecified atom stereocenters. The van der Waals surface area contributed by atoms with Crippen molar-refractivity contribution in [3.63, 3.8) is 0 Å². The van der Waals surface area contributed by atoms with E-state index in [1.807, 2.05) is 0 Å². The molecule has 4 spiro atoms. The first-order valence-electron chi connectivity index (χ1n) is 33.7. The molecular weight excluding hydrogens is 1080 g/mol. The van der Waals surface area contributed by atoms with Crippen LogP contribution in [0.25, 0.3) is 0 Å². The van der Waals surface area contributed by atoms with Gasteiger partial charge in [-0.25, -0.2) is 0 Å². The highest BCUT2D eigenvalue weighted by molar-refractivity contribution is 5.66. The lowest BCUT2D eigenvalue weighted by atomic mass is 9.41. The van der Waals surface area contributed by atoms with E-state index in [2.05, 4.69) is 69.2 Å². The zero-order valence-corrected chi connectivity index (χ0v) is 54.6. The summed E-state index contributed by atoms with van der Waals surface area (Å²) < 4.78 is 37.0. The first-order valence-corrected chi connectivity index (χ1v) is 33.7. The molecule has 10 saturated carbocycles. The number of rotatable bonds is 8. The van der Waals surface area contributed by atoms with E-state index in [1.165, 1.54) is 33.1 Å². The minimum absolute atomic E-state index is 0.0383. The van der Waals surface area contributed by atoms with Crippen molar-refractivity contribution in [1.82, 2.24) is 0 Å². The highest BCUT2D eigenvalue weighted by Crippen LogP contribution is 2.91. The Morgan fingerprint density at radius 1 is 0.529 bits per heavy atom. The van der Waals surface area contributed by atoms with Crippen LogP contribution in [0.4, 0.5) is 0 Å². The number of fused-ring (bicyclic) bond motifs is 8. The molecule has 3 saturated heterocycles. The molecule has 0 aromatic carbocycles. The Morgan fingerprint density at radius 2 is 0.929 bits per heavy atom. The van der Waals surface area contributed by atoms with Gasteiger partial charge < -0.3 is 69.3 Å². The number of ether oxygens (including phenoxy) is 6. The van der Waals surface area contributed by atoms with Crippen LogP contribution < -0.4 is 0 Å². The Balaban J connectivity index is 0.000000171. The molecule has 3 heterocycles. The van der Waals surface area contributed by atoms with Crippen molar-refractivity contribution in [1.29, 1.82) is 0 Å². The smallest absolute Gasteiger partial charge is 0.303 e. The molecule has 16 nitrogen and oxygen atoms in total. The van der Waals surface area contributed by atoms with Crippen molar-refractivity contribution in [2.24, 2.45) is 101 Å². The monoisotopic (exact) mass is 1200 g/mol. The van der Waals surface area contributed by atoms with Crippen LogP contribution in [0.3, 0.4) is 0 Å². The normalized spacial score (nSPS) is 55.4. The Morgan fingerprint density at radius 3 is 1.35 bits per heavy atom. The largest absolute Gasteiger partial charge is 0.457 e. The fourth-order valence-electron chi connectivity index (χ4n) is 26.0. The minimum Gasteiger partial charge on any atom is -0.457 e. The molecule has 8 N–H and O–H groups in total. The van der Waals surface area contributed by atoms with E-state index in [0.717, 1.165) is 70.6 Å². The molecule has 0 amide bonds. The van der Waals surface area contributed by atoms with Crippen LogP contribution in [0.5, 0.6) is 0 Å². The van der Waals surface area contributed by atoms with Crippen molar-refractivity contribution in [3.8, 4) is 0 Å². The summed E-state index contributed by atoms with van der Waals surface area (Å²) in [6.07, 6.45) is 6.90. The number of carbonyl (C=O) groups excluding carboxylic acids is 2. The molecule has 484 valence electrons. The van der Waals surface area contributed by atoms with E-state index in [4.69, 9.17) is 28.4 Å². The van der Waals surface area contributed by atoms with E-state index in [1.54, 1.807) is 27.7 Å². The molecule has 3 aliphatic heterocycles. The number of esters is 2. The average Bonchev–Trinajstić information content (AvgIpc) is 1.49. The van der Waals surface area contributed by atoms with Gasteiger partial charge >= 0.3 is 11.9 Å². The van der Waals surface area contributed by atoms with Crippen LogP contribution in [-0.2, 0) is 38.0 Å². The van der Waals surface area contributed by atoms with Gasteiger partial charge in [-0.15, -0.1) is 0 Å². The summed E-state index contributed by atoms with van der Waals surface area (Å²) in [5.41, 5.74) is -2.62. The summed E-state index contributed by atoms with van der Waals surface area (Å²) in [6.45, 7) is 32.6. The molecule has 13 fully saturated rings. The maximum Gasteiger partial charge on any atom is 0.303 e. The Kier molecular flexibility index (Phi) is 15.0. The highest BCUT2D eigenvalue weighted by Gasteiger charge is 2.87. The summed E-state index contributed by atoms with van der Waals surface area (Å²) in [6, 6.07) is 0. The zero-order chi connectivity index (χ0) is 62.1. The molecule has 0 aromatic heterocycles. The number of aliphatic hydroxyl groups excluding tert-OH is 6. The summed E-state index contributed by atoms with van der Waals surface area (Å²) >= 11 is 0. The molecule has 0 bridgehead atoms. The topological polar surface area (TPSA) is 251 Å². The predicted molar refractivity (Wildman–Crippen MR) is 315 cm³/mol. The van der Waals surface area contributed by atoms with Crippen molar-refractivity contribution in [2.75, 3.05) is 6.61 Å². The second-order valence-corrected chi connectivity index (χ2v) is 34.9. The van der Waals surface area contributed by atoms with E-state index in [-0.39, 0.29) is 97.3 Å². The fraction of sp³-hybridized carbons (Fsp3) is 0.971. The highest BCUT2D eigenvalue weighted by atomic mass is 16.7. The number of hydrogen-bond donors (Lipinski definition) is 8. The quantitative estimate of drug-likeness (QED) is 0.0843. The molecule has 13 rings (SSSR count). The fourth-order valence-corrected chi connectivity index (χ4v) is 26.0. The first kappa shape index (κ1) is 63.6. The molecule has 0 aromatic rings. The lowest BCUT2D eigenvalue weighted by molar-refractivity contribution is -0.303. The average molecular weight is 1200 g/mol. The van der Waals surface area contributed by atoms with E-state index in [9.17, 15) is 50.4 Å². The van der Waals surface area contributed by atoms with Crippen molar-refractivity contribution < 1.29 is 78.9 Å². The third-order valence-corrected chi connectivity index (χ3v) is 30.0. The summed E-state index contributed by atoms with van der Waals surface area (Å²) in [5, 5.41) is 88.5. The van der Waals surface area contributed by atoms with Crippen LogP contribution in [0, 0.1) is 101 Å². The maximum absolute atomic E-state index is 12.5. The zero-order valence-electron chi connectivity index (χ0n) is 54.6. The lowest BCUT2D eigenvalue weighted by Crippen LogP contribution is -2.61. The van der Waals surface area contributed by atoms with E-state index >= 15 is 0 Å². The van der Waals surface area contributed by atoms with Gasteiger partial charge in [0.15, 0.2) is 18.5 Å². The second kappa shape index (κ2) is 20.0. The third kappa shape index (κ3) is 8.44. The standard InChI is InChI=1S/C37H60O10.C32H52O6/c1-18-15-21(30(33(5,6)43)45-19(2)38)46-28-25(18)34(7)13-14-37-17-36(37)12-11-24(47-31-27(41)26(40)20(39)16-44-31)32(3,4)22(36)9-10-23(37)35(34,8)29(28)42;1-17-15-19(26(28(5,6)36)37-18(2)33)38-24-23(17)29(7)13-14-32-16-31(32)12-11-22(34)27(3,4)20(31)9-10-21(32)30(29,8)25(24)35/h18,20-31,39-43H,9-17H2,1-8H3;17,19-26,34-36H,9-16H2,1-8H3/t18-,20?,21-,22+,23+,24+,25+,26+,27-,28+,29+,30+,31+,34-,35-,36?,37+;17-,19-,20+,21+,22+,23+,24+,25+,26+,29-,30-,31?,32+/m11/s1. The van der Waals surface area contributed by atoms with Crippen LogP contribution in [0.1, 0.15) is 214 Å². The van der Waals surface area contributed by atoms with Gasteiger partial charge in [-0.3, -0.25) is 9.59 Å². The molecule has 10 aliphatic carbocycles. The SMILES string of the molecule is CC(=O)O[C@@H]([C@H]1C[C@@H](C)[C@H]2[C@H](O1)[C@H](O)[C@@]1(C)[C@@H]3CC[C@H]4C(C)(C)[C@@H](O)CCC45C[C@@]35CC[C@]21C)C(C)(C)O.CC(=O)O[C@@H]([C@H]1C[C@@H](C)[C@H]2[C@H](O1)[C@H](O)[C@@]1(C)[C@@H]3CC[C@H]4C(C)(C)[C@@H](O[C@@H]5OCC(O)[C@H](O)[C@H]5O)CCC45C[C@@]35CC[C@]21C)C(C)(C)O. The molecular formula is C69H112O16. The first-order chi connectivity index (χ1) is 39.2. The van der Waals surface area contributed by atoms with Gasteiger partial charge in [0.2, 0.25) is 0 Å². The Hall–Kier alpha value is -1.54. The van der Waals surface area contributed by atoms with E-state index < -0.39 is 90.5 Å². The third-order valence-electron chi connectivity index (χ3n) is 30.0. The second-order valence-electron chi connectivity index (χ2n) is 34.9. The van der Waals surface area contributed by atoms with Gasteiger partial charge in [0, 0.05) is 24.7 Å². The van der Waals surface area contributed by atoms with Gasteiger partial charge in [0.1, 0.15) is 18.3 Å². The van der Waals surface area contributed by atoms with Gasteiger partial charge in [0.25, 0.3) is 0 Å². The predicted octanol–water partition coefficient (Wildman–Crippen LogP) is 8.19. The Labute approximate surface area is 507 Å². The van der Waals surface area contributed by atoms with Gasteiger partial charge in [-0.1, -0.05) is 69.2 Å². The van der Waals surface area contributed by atoms with Crippen LogP contribution in [0.2, 0.25) is 0 Å². The maximum atomic E-state index is 12.5. The number of hydrogen-bond acceptors (Lipinski definition) is 16. The van der Waals surface area contributed by atoms with Gasteiger partial charge in [0.05, 0.1) is 66.6 Å². The summed E-state index contributed by atoms with van der Waals surface area (Å²) in [5.74, 6) is 1.81. The molecule has 16 heteroatoms. The summed E-state index contributed by atoms with van der Waals surface area (Å²) in [7, 11) is 0. The Bertz CT molecular complexity index is 2600. The molecule has 30 atom stereocenters. The number of carbonyl (C=O) groups is 2. The lowest BCUT2D eigenvalue weighted by Gasteiger charge is -2.64. The van der Waals surface area contributed by atoms with Crippen LogP contribution >= 0.6 is 0 Å². The van der Waals surface area contributed by atoms with Crippen molar-refractivity contribution in [2.45, 2.75) is 310 Å². The van der Waals surface area contributed by atoms with Gasteiger partial charge in [-0.2, -0.15) is 0 Å². The summed E-state index contributed by atoms with van der Waals surface area (Å²) in [4.78, 5) is 24.0. The van der Waals surface area contributed by atoms with Crippen LogP contribution in [0.15, 0.2) is 0 Å². The molecule has 85 heavy (non-hydrogen) atoms. The van der Waals surface area contributed by atoms with Crippen molar-refractivity contribution >= 4 is 11.9 Å². The van der Waals surface area contributed by atoms with Gasteiger partial charge in [-0.05, 0) is 221 Å². The van der Waals surface area contributed by atoms with Crippen LogP contribution in [-0.4, -0.2) is 156 Å². The van der Waals surface area contributed by atoms with Crippen molar-refractivity contribution in [3.05, 3.63) is 0 Å². The number of aliphatic hydroxyl groups is 8. The molecule has 13 aliphatic rings. The molecule has 0 radical (unpaired) electrons.